The molecule has 0 saturated carbocycles. The molecule has 5 nitrogen and oxygen atoms in total. The Hall–Kier alpha value is -1.69. The van der Waals surface area contributed by atoms with Crippen molar-refractivity contribution in [1.29, 1.82) is 0 Å². The zero-order valence-electron chi connectivity index (χ0n) is 10.8. The van der Waals surface area contributed by atoms with Gasteiger partial charge in [0.15, 0.2) is 0 Å². The smallest absolute Gasteiger partial charge is 0.131 e. The van der Waals surface area contributed by atoms with Crippen LogP contribution in [-0.2, 0) is 6.42 Å². The molecule has 0 aliphatic rings. The molecule has 0 aliphatic carbocycles. The van der Waals surface area contributed by atoms with Crippen LogP contribution in [0.4, 0.5) is 11.6 Å². The maximum atomic E-state index is 4.43. The van der Waals surface area contributed by atoms with E-state index in [1.54, 1.807) is 11.3 Å². The fourth-order valence-electron chi connectivity index (χ4n) is 1.60. The molecule has 2 aromatic heterocycles. The van der Waals surface area contributed by atoms with Gasteiger partial charge in [-0.3, -0.25) is 0 Å². The molecule has 2 aromatic rings. The van der Waals surface area contributed by atoms with Gasteiger partial charge in [-0.1, -0.05) is 0 Å². The average Bonchev–Trinajstić information content (AvgIpc) is 2.74. The predicted molar refractivity (Wildman–Crippen MR) is 75.4 cm³/mol. The summed E-state index contributed by atoms with van der Waals surface area (Å²) in [6, 6.07) is 1.90. The largest absolute Gasteiger partial charge is 0.373 e. The predicted octanol–water partition coefficient (Wildman–Crippen LogP) is 2.25. The fourth-order valence-corrected chi connectivity index (χ4v) is 2.38. The standard InChI is InChI=1S/C12H17N5S/c1-8-7-18-12(15-8)4-5-14-11-6-10(13-3)16-9(2)17-11/h6-7H,4-5H2,1-3H3,(H2,13,14,16,17). The Morgan fingerprint density at radius 2 is 1.94 bits per heavy atom. The van der Waals surface area contributed by atoms with E-state index in [-0.39, 0.29) is 0 Å². The molecule has 0 radical (unpaired) electrons. The van der Waals surface area contributed by atoms with E-state index in [1.807, 2.05) is 27.0 Å². The lowest BCUT2D eigenvalue weighted by Gasteiger charge is -2.07. The summed E-state index contributed by atoms with van der Waals surface area (Å²) in [5.74, 6) is 2.43. The van der Waals surface area contributed by atoms with Gasteiger partial charge in [-0.15, -0.1) is 11.3 Å². The first-order valence-corrected chi connectivity index (χ1v) is 6.73. The second kappa shape index (κ2) is 5.77. The molecule has 0 aliphatic heterocycles. The average molecular weight is 263 g/mol. The second-order valence-corrected chi connectivity index (χ2v) is 4.94. The van der Waals surface area contributed by atoms with Crippen LogP contribution in [-0.4, -0.2) is 28.5 Å². The van der Waals surface area contributed by atoms with Crippen LogP contribution >= 0.6 is 11.3 Å². The summed E-state index contributed by atoms with van der Waals surface area (Å²) in [5.41, 5.74) is 1.09. The number of nitrogens with one attached hydrogen (secondary N) is 2. The van der Waals surface area contributed by atoms with E-state index >= 15 is 0 Å². The van der Waals surface area contributed by atoms with Crippen molar-refractivity contribution in [2.45, 2.75) is 20.3 Å². The van der Waals surface area contributed by atoms with E-state index in [0.717, 1.165) is 41.1 Å². The lowest BCUT2D eigenvalue weighted by molar-refractivity contribution is 0.963. The Morgan fingerprint density at radius 3 is 2.61 bits per heavy atom. The number of hydrogen-bond acceptors (Lipinski definition) is 6. The molecule has 0 spiro atoms. The van der Waals surface area contributed by atoms with Gasteiger partial charge in [-0.25, -0.2) is 15.0 Å². The van der Waals surface area contributed by atoms with E-state index < -0.39 is 0 Å². The van der Waals surface area contributed by atoms with Gasteiger partial charge in [0.25, 0.3) is 0 Å². The van der Waals surface area contributed by atoms with E-state index in [2.05, 4.69) is 31.0 Å². The lowest BCUT2D eigenvalue weighted by atomic mass is 10.4. The molecule has 0 atom stereocenters. The maximum absolute atomic E-state index is 4.43. The van der Waals surface area contributed by atoms with E-state index in [4.69, 9.17) is 0 Å². The molecule has 18 heavy (non-hydrogen) atoms. The molecule has 6 heteroatoms. The maximum Gasteiger partial charge on any atom is 0.131 e. The second-order valence-electron chi connectivity index (χ2n) is 4.00. The Balaban J connectivity index is 1.91. The number of aromatic nitrogens is 3. The normalized spacial score (nSPS) is 10.4. The van der Waals surface area contributed by atoms with Crippen LogP contribution < -0.4 is 10.6 Å². The summed E-state index contributed by atoms with van der Waals surface area (Å²) in [6.45, 7) is 4.73. The third-order valence-electron chi connectivity index (χ3n) is 2.41. The minimum atomic E-state index is 0.759. The molecule has 0 aromatic carbocycles. The molecule has 2 rings (SSSR count). The number of aryl methyl sites for hydroxylation is 2. The highest BCUT2D eigenvalue weighted by molar-refractivity contribution is 7.09. The van der Waals surface area contributed by atoms with Crippen molar-refractivity contribution in [3.63, 3.8) is 0 Å². The molecule has 0 fully saturated rings. The van der Waals surface area contributed by atoms with Gasteiger partial charge in [-0.2, -0.15) is 0 Å². The topological polar surface area (TPSA) is 62.7 Å². The number of nitrogens with zero attached hydrogens (tertiary/aromatic N) is 3. The molecule has 0 unspecified atom stereocenters. The summed E-state index contributed by atoms with van der Waals surface area (Å²) < 4.78 is 0. The van der Waals surface area contributed by atoms with Crippen LogP contribution in [0.15, 0.2) is 11.4 Å². The lowest BCUT2D eigenvalue weighted by Crippen LogP contribution is -2.08. The quantitative estimate of drug-likeness (QED) is 0.866. The van der Waals surface area contributed by atoms with Crippen LogP contribution in [0.3, 0.4) is 0 Å². The van der Waals surface area contributed by atoms with Crippen LogP contribution in [0.2, 0.25) is 0 Å². The Morgan fingerprint density at radius 1 is 1.17 bits per heavy atom. The van der Waals surface area contributed by atoms with Crippen molar-refractivity contribution in [3.05, 3.63) is 28.0 Å². The van der Waals surface area contributed by atoms with E-state index in [9.17, 15) is 0 Å². The minimum absolute atomic E-state index is 0.759. The van der Waals surface area contributed by atoms with Gasteiger partial charge in [-0.05, 0) is 13.8 Å². The van der Waals surface area contributed by atoms with E-state index in [1.165, 1.54) is 0 Å². The molecule has 2 heterocycles. The van der Waals surface area contributed by atoms with Crippen LogP contribution in [0.25, 0.3) is 0 Å². The highest BCUT2D eigenvalue weighted by atomic mass is 32.1. The van der Waals surface area contributed by atoms with Gasteiger partial charge in [0.1, 0.15) is 17.5 Å². The first-order valence-electron chi connectivity index (χ1n) is 5.85. The third-order valence-corrected chi connectivity index (χ3v) is 3.43. The Kier molecular flexibility index (Phi) is 4.09. The summed E-state index contributed by atoms with van der Waals surface area (Å²) in [4.78, 5) is 13.0. The van der Waals surface area contributed by atoms with Crippen molar-refractivity contribution in [1.82, 2.24) is 15.0 Å². The highest BCUT2D eigenvalue weighted by Gasteiger charge is 2.02. The minimum Gasteiger partial charge on any atom is -0.373 e. The van der Waals surface area contributed by atoms with Crippen LogP contribution in [0.5, 0.6) is 0 Å². The zero-order chi connectivity index (χ0) is 13.0. The van der Waals surface area contributed by atoms with Crippen molar-refractivity contribution in [3.8, 4) is 0 Å². The summed E-state index contributed by atoms with van der Waals surface area (Å²) in [7, 11) is 1.85. The Bertz CT molecular complexity index is 523. The summed E-state index contributed by atoms with van der Waals surface area (Å²) in [5, 5.41) is 9.54. The van der Waals surface area contributed by atoms with Crippen LogP contribution in [0, 0.1) is 13.8 Å². The third kappa shape index (κ3) is 3.40. The SMILES string of the molecule is CNc1cc(NCCc2nc(C)cs2)nc(C)n1. The van der Waals surface area contributed by atoms with Gasteiger partial charge in [0, 0.05) is 37.2 Å². The number of rotatable bonds is 5. The van der Waals surface area contributed by atoms with Crippen LogP contribution in [0.1, 0.15) is 16.5 Å². The first-order chi connectivity index (χ1) is 8.67. The van der Waals surface area contributed by atoms with Gasteiger partial charge >= 0.3 is 0 Å². The van der Waals surface area contributed by atoms with Crippen molar-refractivity contribution >= 4 is 23.0 Å². The van der Waals surface area contributed by atoms with Crippen molar-refractivity contribution < 1.29 is 0 Å². The summed E-state index contributed by atoms with van der Waals surface area (Å²) >= 11 is 1.70. The molecule has 0 saturated heterocycles. The molecule has 96 valence electrons. The molecule has 0 bridgehead atoms. The molecule has 2 N–H and O–H groups in total. The van der Waals surface area contributed by atoms with Crippen molar-refractivity contribution in [2.75, 3.05) is 24.2 Å². The molecular formula is C12H17N5S. The highest BCUT2D eigenvalue weighted by Crippen LogP contribution is 2.12. The van der Waals surface area contributed by atoms with Gasteiger partial charge in [0.05, 0.1) is 5.01 Å². The van der Waals surface area contributed by atoms with Crippen molar-refractivity contribution in [2.24, 2.45) is 0 Å². The molecular weight excluding hydrogens is 246 g/mol. The first kappa shape index (κ1) is 12.8. The number of anilines is 2. The van der Waals surface area contributed by atoms with Gasteiger partial charge in [0.2, 0.25) is 0 Å². The fraction of sp³-hybridized carbons (Fsp3) is 0.417. The van der Waals surface area contributed by atoms with E-state index in [0.29, 0.717) is 0 Å². The Labute approximate surface area is 111 Å². The zero-order valence-corrected chi connectivity index (χ0v) is 11.6. The number of thiazole rings is 1. The molecule has 0 amide bonds. The number of hydrogen-bond donors (Lipinski definition) is 2. The summed E-state index contributed by atoms with van der Waals surface area (Å²) in [6.07, 6.45) is 0.913. The monoisotopic (exact) mass is 263 g/mol. The van der Waals surface area contributed by atoms with Gasteiger partial charge < -0.3 is 10.6 Å².